The fourth-order valence-corrected chi connectivity index (χ4v) is 4.87. The number of rotatable bonds is 5. The lowest BCUT2D eigenvalue weighted by Crippen LogP contribution is -2.35. The van der Waals surface area contributed by atoms with Gasteiger partial charge in [-0.3, -0.25) is 9.00 Å². The molecule has 2 atom stereocenters. The smallest absolute Gasteiger partial charge is 0.233 e. The van der Waals surface area contributed by atoms with Crippen LogP contribution in [0.1, 0.15) is 55.3 Å². The van der Waals surface area contributed by atoms with E-state index in [-0.39, 0.29) is 23.0 Å². The van der Waals surface area contributed by atoms with E-state index in [2.05, 4.69) is 23.5 Å². The number of amides is 1. The van der Waals surface area contributed by atoms with Crippen molar-refractivity contribution in [1.82, 2.24) is 5.32 Å². The summed E-state index contributed by atoms with van der Waals surface area (Å²) in [5.74, 6) is -0.0232. The number of fused-ring (bicyclic) bond motifs is 1. The first-order valence-corrected chi connectivity index (χ1v) is 10.4. The second kappa shape index (κ2) is 8.26. The van der Waals surface area contributed by atoms with Crippen LogP contribution in [-0.4, -0.2) is 34.3 Å². The quantitative estimate of drug-likeness (QED) is 0.889. The van der Waals surface area contributed by atoms with Crippen molar-refractivity contribution < 1.29 is 13.7 Å². The zero-order valence-corrected chi connectivity index (χ0v) is 15.2. The van der Waals surface area contributed by atoms with Crippen molar-refractivity contribution in [2.45, 2.75) is 56.7 Å². The predicted molar refractivity (Wildman–Crippen MR) is 96.5 cm³/mol. The van der Waals surface area contributed by atoms with Gasteiger partial charge in [-0.25, -0.2) is 0 Å². The van der Waals surface area contributed by atoms with E-state index < -0.39 is 10.8 Å². The molecule has 0 unspecified atom stereocenters. The summed E-state index contributed by atoms with van der Waals surface area (Å²) >= 11 is 0. The van der Waals surface area contributed by atoms with Gasteiger partial charge in [-0.15, -0.1) is 0 Å². The summed E-state index contributed by atoms with van der Waals surface area (Å²) in [5, 5.41) is 3.11. The Morgan fingerprint density at radius 3 is 2.71 bits per heavy atom. The first-order valence-electron chi connectivity index (χ1n) is 8.99. The predicted octanol–water partition coefficient (Wildman–Crippen LogP) is 2.67. The van der Waals surface area contributed by atoms with Crippen LogP contribution >= 0.6 is 0 Å². The molecule has 0 saturated carbocycles. The van der Waals surface area contributed by atoms with Crippen LogP contribution in [0, 0.1) is 0 Å². The average molecular weight is 349 g/mol. The Bertz CT molecular complexity index is 611. The molecule has 1 N–H and O–H groups in total. The first-order chi connectivity index (χ1) is 11.6. The van der Waals surface area contributed by atoms with E-state index in [0.29, 0.717) is 13.2 Å². The van der Waals surface area contributed by atoms with Crippen LogP contribution in [0.5, 0.6) is 0 Å². The Hall–Kier alpha value is -1.20. The fraction of sp³-hybridized carbons (Fsp3) is 0.632. The fourth-order valence-electron chi connectivity index (χ4n) is 3.58. The van der Waals surface area contributed by atoms with Crippen molar-refractivity contribution in [3.8, 4) is 0 Å². The van der Waals surface area contributed by atoms with Gasteiger partial charge in [0.15, 0.2) is 0 Å². The molecule has 132 valence electrons. The third kappa shape index (κ3) is 4.45. The van der Waals surface area contributed by atoms with Gasteiger partial charge in [0.1, 0.15) is 5.75 Å². The third-order valence-corrected chi connectivity index (χ3v) is 6.83. The molecule has 2 aliphatic rings. The summed E-state index contributed by atoms with van der Waals surface area (Å²) in [6, 6.07) is 6.50. The lowest BCUT2D eigenvalue weighted by molar-refractivity contribution is -0.119. The van der Waals surface area contributed by atoms with Gasteiger partial charge in [-0.2, -0.15) is 0 Å². The molecule has 0 bridgehead atoms. The second-order valence-electron chi connectivity index (χ2n) is 6.86. The maximum Gasteiger partial charge on any atom is 0.233 e. The van der Waals surface area contributed by atoms with Gasteiger partial charge in [0.05, 0.1) is 6.04 Å². The highest BCUT2D eigenvalue weighted by Crippen LogP contribution is 2.24. The van der Waals surface area contributed by atoms with Crippen LogP contribution in [-0.2, 0) is 33.2 Å². The molecular formula is C19H27NO3S. The van der Waals surface area contributed by atoms with E-state index >= 15 is 0 Å². The standard InChI is InChI=1S/C19H27NO3S/c1-14(16-7-6-15-4-2-3-5-17(15)12-16)20-19(21)13-24(22)18-8-10-23-11-9-18/h6-7,12,14,18H,2-5,8-11,13H2,1H3,(H,20,21)/t14-,24-/m0/s1. The molecule has 0 spiro atoms. The summed E-state index contributed by atoms with van der Waals surface area (Å²) in [6.45, 7) is 3.31. The average Bonchev–Trinajstić information content (AvgIpc) is 2.61. The number of hydrogen-bond donors (Lipinski definition) is 1. The van der Waals surface area contributed by atoms with Gasteiger partial charge in [-0.1, -0.05) is 18.2 Å². The molecule has 1 amide bonds. The lowest BCUT2D eigenvalue weighted by Gasteiger charge is -2.22. The highest BCUT2D eigenvalue weighted by molar-refractivity contribution is 7.86. The second-order valence-corrected chi connectivity index (χ2v) is 8.58. The minimum atomic E-state index is -1.10. The Labute approximate surface area is 146 Å². The number of nitrogens with one attached hydrogen (secondary N) is 1. The van der Waals surface area contributed by atoms with E-state index in [9.17, 15) is 9.00 Å². The first kappa shape index (κ1) is 17.6. The van der Waals surface area contributed by atoms with Crippen molar-refractivity contribution in [1.29, 1.82) is 0 Å². The Morgan fingerprint density at radius 1 is 1.25 bits per heavy atom. The van der Waals surface area contributed by atoms with Crippen LogP contribution in [0.4, 0.5) is 0 Å². The van der Waals surface area contributed by atoms with Gasteiger partial charge in [0.25, 0.3) is 0 Å². The summed E-state index contributed by atoms with van der Waals surface area (Å²) in [5.41, 5.74) is 4.01. The number of ether oxygens (including phenoxy) is 1. The van der Waals surface area contributed by atoms with Crippen LogP contribution in [0.25, 0.3) is 0 Å². The number of carbonyl (C=O) groups is 1. The number of hydrogen-bond acceptors (Lipinski definition) is 3. The van der Waals surface area contributed by atoms with Crippen LogP contribution in [0.15, 0.2) is 18.2 Å². The lowest BCUT2D eigenvalue weighted by atomic mass is 9.89. The largest absolute Gasteiger partial charge is 0.381 e. The summed E-state index contributed by atoms with van der Waals surface area (Å²) in [7, 11) is -1.10. The van der Waals surface area contributed by atoms with E-state index in [4.69, 9.17) is 4.74 Å². The van der Waals surface area contributed by atoms with Crippen LogP contribution < -0.4 is 5.32 Å². The molecule has 1 saturated heterocycles. The molecule has 5 heteroatoms. The molecule has 1 heterocycles. The monoisotopic (exact) mass is 349 g/mol. The summed E-state index contributed by atoms with van der Waals surface area (Å²) in [4.78, 5) is 12.2. The van der Waals surface area contributed by atoms with E-state index in [1.807, 2.05) is 6.92 Å². The van der Waals surface area contributed by atoms with E-state index in [1.54, 1.807) is 0 Å². The normalized spacial score (nSPS) is 20.9. The van der Waals surface area contributed by atoms with Crippen LogP contribution in [0.3, 0.4) is 0 Å². The maximum absolute atomic E-state index is 12.3. The Balaban J connectivity index is 1.54. The van der Waals surface area contributed by atoms with E-state index in [0.717, 1.165) is 24.8 Å². The molecule has 0 radical (unpaired) electrons. The highest BCUT2D eigenvalue weighted by atomic mass is 32.2. The SMILES string of the molecule is C[C@H](NC(=O)C[S@](=O)C1CCOCC1)c1ccc2c(c1)CCCC2. The van der Waals surface area contributed by atoms with Gasteiger partial charge in [0.2, 0.25) is 5.91 Å². The van der Waals surface area contributed by atoms with Crippen molar-refractivity contribution in [3.05, 3.63) is 34.9 Å². The third-order valence-electron chi connectivity index (χ3n) is 5.06. The summed E-state index contributed by atoms with van der Waals surface area (Å²) in [6.07, 6.45) is 6.41. The zero-order valence-electron chi connectivity index (χ0n) is 14.4. The van der Waals surface area contributed by atoms with Crippen LogP contribution in [0.2, 0.25) is 0 Å². The zero-order chi connectivity index (χ0) is 16.9. The molecule has 3 rings (SSSR count). The maximum atomic E-state index is 12.3. The number of carbonyl (C=O) groups excluding carboxylic acids is 1. The molecule has 1 aromatic rings. The molecule has 1 fully saturated rings. The van der Waals surface area contributed by atoms with Crippen molar-refractivity contribution in [2.75, 3.05) is 19.0 Å². The molecule has 1 aliphatic heterocycles. The minimum Gasteiger partial charge on any atom is -0.381 e. The molecular weight excluding hydrogens is 322 g/mol. The molecule has 24 heavy (non-hydrogen) atoms. The Morgan fingerprint density at radius 2 is 1.96 bits per heavy atom. The number of aryl methyl sites for hydroxylation is 2. The molecule has 4 nitrogen and oxygen atoms in total. The topological polar surface area (TPSA) is 55.4 Å². The molecule has 1 aliphatic carbocycles. The van der Waals surface area contributed by atoms with Crippen molar-refractivity contribution in [2.24, 2.45) is 0 Å². The molecule has 1 aromatic carbocycles. The Kier molecular flexibility index (Phi) is 6.06. The summed E-state index contributed by atoms with van der Waals surface area (Å²) < 4.78 is 17.6. The highest BCUT2D eigenvalue weighted by Gasteiger charge is 2.23. The van der Waals surface area contributed by atoms with Gasteiger partial charge in [0, 0.05) is 29.3 Å². The van der Waals surface area contributed by atoms with Crippen molar-refractivity contribution >= 4 is 16.7 Å². The van der Waals surface area contributed by atoms with E-state index in [1.165, 1.54) is 30.4 Å². The van der Waals surface area contributed by atoms with Crippen molar-refractivity contribution in [3.63, 3.8) is 0 Å². The minimum absolute atomic E-state index is 0.0450. The van der Waals surface area contributed by atoms with Gasteiger partial charge in [-0.05, 0) is 62.1 Å². The van der Waals surface area contributed by atoms with Gasteiger partial charge < -0.3 is 10.1 Å². The van der Waals surface area contributed by atoms with Gasteiger partial charge >= 0.3 is 0 Å². The number of benzene rings is 1. The molecule has 0 aromatic heterocycles.